The summed E-state index contributed by atoms with van der Waals surface area (Å²) in [6.07, 6.45) is 1.72. The second kappa shape index (κ2) is 11.3. The fraction of sp³-hybridized carbons (Fsp3) is 0.194. The van der Waals surface area contributed by atoms with Gasteiger partial charge >= 0.3 is 0 Å². The number of nitrogens with one attached hydrogen (secondary N) is 1. The Hall–Kier alpha value is -4.28. The Morgan fingerprint density at radius 1 is 0.976 bits per heavy atom. The second-order valence-corrected chi connectivity index (χ2v) is 11.6. The number of benzene rings is 3. The van der Waals surface area contributed by atoms with Crippen LogP contribution in [0, 0.1) is 0 Å². The van der Waals surface area contributed by atoms with Crippen LogP contribution in [-0.2, 0) is 11.3 Å². The number of para-hydroxylation sites is 2. The van der Waals surface area contributed by atoms with Crippen molar-refractivity contribution in [2.75, 3.05) is 24.1 Å². The molecule has 10 heteroatoms. The number of carbonyl (C=O) groups excluding carboxylic acids is 1. The van der Waals surface area contributed by atoms with E-state index in [0.29, 0.717) is 38.5 Å². The highest BCUT2D eigenvalue weighted by atomic mass is 32.2. The maximum atomic E-state index is 14.1. The summed E-state index contributed by atoms with van der Waals surface area (Å²) < 4.78 is 8.37. The van der Waals surface area contributed by atoms with Crippen LogP contribution in [0.4, 0.5) is 17.1 Å². The van der Waals surface area contributed by atoms with Crippen LogP contribution in [0.15, 0.2) is 93.5 Å². The van der Waals surface area contributed by atoms with Crippen LogP contribution in [0.5, 0.6) is 5.75 Å². The largest absolute Gasteiger partial charge is 0.497 e. The Kier molecular flexibility index (Phi) is 7.42. The summed E-state index contributed by atoms with van der Waals surface area (Å²) in [5, 5.41) is 2.33. The number of rotatable bonds is 6. The Bertz CT molecular complexity index is 1830. The van der Waals surface area contributed by atoms with E-state index in [1.807, 2.05) is 90.8 Å². The van der Waals surface area contributed by atoms with Crippen LogP contribution in [0.1, 0.15) is 19.8 Å². The number of anilines is 2. The fourth-order valence-corrected chi connectivity index (χ4v) is 7.29. The minimum atomic E-state index is -0.255. The van der Waals surface area contributed by atoms with E-state index in [2.05, 4.69) is 12.3 Å². The number of fused-ring (bicyclic) bond motifs is 1. The number of hydrogen-bond acceptors (Lipinski definition) is 7. The van der Waals surface area contributed by atoms with Crippen LogP contribution in [0.2, 0.25) is 0 Å². The molecule has 0 atom stereocenters. The number of carbonyl (C=O) groups is 1. The highest BCUT2D eigenvalue weighted by Crippen LogP contribution is 2.46. The molecule has 1 fully saturated rings. The average Bonchev–Trinajstić information content (AvgIpc) is 3.62. The van der Waals surface area contributed by atoms with Crippen molar-refractivity contribution in [3.8, 4) is 5.75 Å². The minimum absolute atomic E-state index is 0.106. The summed E-state index contributed by atoms with van der Waals surface area (Å²) in [6.45, 7) is 2.59. The molecule has 1 N–H and O–H groups in total. The molecule has 0 aliphatic carbocycles. The molecular weight excluding hydrogens is 555 g/mol. The molecule has 1 aromatic heterocycles. The first-order chi connectivity index (χ1) is 20.0. The van der Waals surface area contributed by atoms with E-state index in [9.17, 15) is 9.59 Å². The van der Waals surface area contributed by atoms with Crippen molar-refractivity contribution < 1.29 is 9.53 Å². The van der Waals surface area contributed by atoms with E-state index in [-0.39, 0.29) is 11.5 Å². The maximum absolute atomic E-state index is 14.1. The predicted octanol–water partition coefficient (Wildman–Crippen LogP) is 4.46. The third-order valence-corrected chi connectivity index (χ3v) is 9.50. The van der Waals surface area contributed by atoms with Gasteiger partial charge in [0.05, 0.1) is 24.2 Å². The molecule has 0 saturated carbocycles. The number of methoxy groups -OCH3 is 1. The van der Waals surface area contributed by atoms with E-state index in [1.54, 1.807) is 23.4 Å². The number of thioether (sulfide) groups is 1. The van der Waals surface area contributed by atoms with Crippen molar-refractivity contribution in [2.24, 2.45) is 4.99 Å². The van der Waals surface area contributed by atoms with Crippen molar-refractivity contribution in [2.45, 2.75) is 31.2 Å². The van der Waals surface area contributed by atoms with E-state index in [1.165, 1.54) is 16.3 Å². The first-order valence-electron chi connectivity index (χ1n) is 13.4. The first-order valence-corrected chi connectivity index (χ1v) is 15.0. The number of nitrogens with zero attached hydrogens (tertiary/aromatic N) is 4. The van der Waals surface area contributed by atoms with Crippen molar-refractivity contribution in [3.05, 3.63) is 98.4 Å². The molecular formula is C31H29N5O3S2. The average molecular weight is 584 g/mol. The maximum Gasteiger partial charge on any atom is 0.283 e. The second-order valence-electron chi connectivity index (χ2n) is 9.61. The first kappa shape index (κ1) is 26.9. The van der Waals surface area contributed by atoms with Gasteiger partial charge in [0, 0.05) is 24.6 Å². The molecule has 8 nitrogen and oxygen atoms in total. The van der Waals surface area contributed by atoms with E-state index < -0.39 is 0 Å². The lowest BCUT2D eigenvalue weighted by Gasteiger charge is -2.14. The van der Waals surface area contributed by atoms with Crippen LogP contribution in [-0.4, -0.2) is 30.5 Å². The Morgan fingerprint density at radius 3 is 2.41 bits per heavy atom. The summed E-state index contributed by atoms with van der Waals surface area (Å²) in [6, 6.07) is 24.8. The molecule has 1 amide bonds. The molecule has 6 rings (SSSR count). The zero-order valence-corrected chi connectivity index (χ0v) is 24.6. The molecule has 4 aromatic rings. The standard InChI is InChI=1S/C31H29N5O3S2/c1-4-5-18-35-29(38)26(31-34(2)23-19-22(39-3)16-17-24(23)40-31)41-30(35)25-27(32-20-12-8-6-9-13-20)33-36(28(25)37)21-14-10-7-11-15-21/h6-17,19H,4-5,18H2,1-3H3,(H,32,33)/b30-25+,31-26-. The quantitative estimate of drug-likeness (QED) is 0.361. The number of aliphatic imine (C=N–C) groups is 1. The van der Waals surface area contributed by atoms with Crippen molar-refractivity contribution in [3.63, 3.8) is 0 Å². The number of ether oxygens (including phenoxy) is 1. The summed E-state index contributed by atoms with van der Waals surface area (Å²) in [7, 11) is 3.60. The van der Waals surface area contributed by atoms with E-state index in [4.69, 9.17) is 9.73 Å². The molecule has 2 aliphatic rings. The van der Waals surface area contributed by atoms with Gasteiger partial charge < -0.3 is 9.64 Å². The fourth-order valence-electron chi connectivity index (χ4n) is 4.79. The summed E-state index contributed by atoms with van der Waals surface area (Å²) >= 11 is 2.90. The number of aromatic nitrogens is 1. The zero-order valence-electron chi connectivity index (χ0n) is 23.0. The molecule has 0 spiro atoms. The van der Waals surface area contributed by atoms with Gasteiger partial charge in [-0.3, -0.25) is 19.6 Å². The Morgan fingerprint density at radius 2 is 1.71 bits per heavy atom. The van der Waals surface area contributed by atoms with Gasteiger partial charge in [-0.15, -0.1) is 11.3 Å². The molecule has 0 unspecified atom stereocenters. The summed E-state index contributed by atoms with van der Waals surface area (Å²) in [5.41, 5.74) is 5.88. The molecule has 3 aromatic carbocycles. The molecule has 2 aliphatic heterocycles. The Labute approximate surface area is 245 Å². The minimum Gasteiger partial charge on any atom is -0.497 e. The molecule has 1 saturated heterocycles. The van der Waals surface area contributed by atoms with Crippen molar-refractivity contribution in [1.29, 1.82) is 0 Å². The zero-order chi connectivity index (χ0) is 28.5. The van der Waals surface area contributed by atoms with Gasteiger partial charge in [-0.2, -0.15) is 0 Å². The summed E-state index contributed by atoms with van der Waals surface area (Å²) in [4.78, 5) is 36.1. The SMILES string of the molecule is CCCCn1c(=O)/c(=C2/Sc3ccc(OC)cc3N2C)s/c1=C1/C(=O)N(c2ccccc2)NC1=Nc1ccccc1. The van der Waals surface area contributed by atoms with Crippen LogP contribution in [0.25, 0.3) is 10.6 Å². The number of amidine groups is 1. The molecule has 208 valence electrons. The number of hydrazine groups is 1. The smallest absolute Gasteiger partial charge is 0.283 e. The lowest BCUT2D eigenvalue weighted by molar-refractivity contribution is -0.113. The predicted molar refractivity (Wildman–Crippen MR) is 167 cm³/mol. The highest BCUT2D eigenvalue weighted by molar-refractivity contribution is 8.08. The van der Waals surface area contributed by atoms with Gasteiger partial charge in [0.25, 0.3) is 11.5 Å². The number of thiazole rings is 1. The third-order valence-electron chi connectivity index (χ3n) is 6.95. The van der Waals surface area contributed by atoms with Crippen LogP contribution < -0.4 is 34.8 Å². The molecule has 3 heterocycles. The van der Waals surface area contributed by atoms with Crippen molar-refractivity contribution >= 4 is 62.5 Å². The van der Waals surface area contributed by atoms with Crippen LogP contribution >= 0.6 is 23.1 Å². The summed E-state index contributed by atoms with van der Waals surface area (Å²) in [5.74, 6) is 0.911. The van der Waals surface area contributed by atoms with Gasteiger partial charge in [0.1, 0.15) is 25.5 Å². The highest BCUT2D eigenvalue weighted by Gasteiger charge is 2.36. The molecule has 41 heavy (non-hydrogen) atoms. The number of hydrogen-bond donors (Lipinski definition) is 1. The van der Waals surface area contributed by atoms with Crippen molar-refractivity contribution in [1.82, 2.24) is 9.99 Å². The van der Waals surface area contributed by atoms with E-state index in [0.717, 1.165) is 34.2 Å². The lowest BCUT2D eigenvalue weighted by atomic mass is 10.2. The van der Waals surface area contributed by atoms with Gasteiger partial charge in [0.15, 0.2) is 5.84 Å². The molecule has 0 bridgehead atoms. The Balaban J connectivity index is 1.61. The third kappa shape index (κ3) is 4.93. The van der Waals surface area contributed by atoms with Gasteiger partial charge in [-0.1, -0.05) is 61.5 Å². The number of unbranched alkanes of at least 4 members (excludes halogenated alkanes) is 1. The van der Waals surface area contributed by atoms with Gasteiger partial charge in [-0.25, -0.2) is 10.0 Å². The molecule has 0 radical (unpaired) electrons. The van der Waals surface area contributed by atoms with E-state index >= 15 is 0 Å². The normalized spacial score (nSPS) is 18.2. The topological polar surface area (TPSA) is 79.2 Å². The monoisotopic (exact) mass is 583 g/mol. The lowest BCUT2D eigenvalue weighted by Crippen LogP contribution is -2.36. The number of amides is 1. The van der Waals surface area contributed by atoms with Crippen LogP contribution in [0.3, 0.4) is 0 Å². The van der Waals surface area contributed by atoms with Gasteiger partial charge in [-0.05, 0) is 42.8 Å². The van der Waals surface area contributed by atoms with Gasteiger partial charge in [0.2, 0.25) is 0 Å².